The predicted octanol–water partition coefficient (Wildman–Crippen LogP) is 2.44. The molecule has 0 spiro atoms. The number of nitro groups is 1. The van der Waals surface area contributed by atoms with Gasteiger partial charge >= 0.3 is 4.45 Å². The minimum Gasteiger partial charge on any atom is -0.494 e. The van der Waals surface area contributed by atoms with Crippen LogP contribution in [0.1, 0.15) is 6.92 Å². The van der Waals surface area contributed by atoms with Crippen LogP contribution < -0.4 is 4.74 Å². The number of halogens is 1. The molecule has 0 amide bonds. The monoisotopic (exact) mass is 333 g/mol. The summed E-state index contributed by atoms with van der Waals surface area (Å²) in [6, 6.07) is 9.80. The molecule has 1 heterocycles. The van der Waals surface area contributed by atoms with E-state index in [0.29, 0.717) is 0 Å². The summed E-state index contributed by atoms with van der Waals surface area (Å²) in [6.45, 7) is 2.97. The van der Waals surface area contributed by atoms with Crippen molar-refractivity contribution in [3.63, 3.8) is 0 Å². The minimum atomic E-state index is -1.23. The number of nitrogens with zero attached hydrogens (tertiary/aromatic N) is 1. The highest BCUT2D eigenvalue weighted by Gasteiger charge is 2.43. The van der Waals surface area contributed by atoms with E-state index in [4.69, 9.17) is 14.2 Å². The van der Waals surface area contributed by atoms with Gasteiger partial charge < -0.3 is 14.2 Å². The van der Waals surface area contributed by atoms with Crippen molar-refractivity contribution in [1.29, 1.82) is 0 Å². The average molecular weight is 334 g/mol. The topological polar surface area (TPSA) is 70.8 Å². The molecule has 6 nitrogen and oxygen atoms in total. The smallest absolute Gasteiger partial charge is 0.320 e. The maximum absolute atomic E-state index is 10.3. The Kier molecular flexibility index (Phi) is 6.75. The van der Waals surface area contributed by atoms with E-state index < -0.39 is 9.37 Å². The van der Waals surface area contributed by atoms with Gasteiger partial charge in [0.05, 0.1) is 6.61 Å². The molecule has 0 N–H and O–H groups in total. The predicted molar refractivity (Wildman–Crippen MR) is 73.0 cm³/mol. The van der Waals surface area contributed by atoms with Crippen LogP contribution in [0.3, 0.4) is 0 Å². The van der Waals surface area contributed by atoms with Gasteiger partial charge in [0.2, 0.25) is 0 Å². The van der Waals surface area contributed by atoms with Crippen LogP contribution in [0.15, 0.2) is 30.3 Å². The zero-order valence-corrected chi connectivity index (χ0v) is 12.2. The molecule has 0 unspecified atom stereocenters. The molecule has 1 aliphatic heterocycles. The number of para-hydroxylation sites is 1. The SMILES string of the molecule is CCOc1ccccc1.O=[N+]([O-])C1(Br)COCOC1. The number of rotatable bonds is 3. The molecule has 0 saturated carbocycles. The first-order chi connectivity index (χ1) is 9.08. The van der Waals surface area contributed by atoms with Crippen molar-refractivity contribution in [1.82, 2.24) is 0 Å². The molecule has 0 aliphatic carbocycles. The van der Waals surface area contributed by atoms with E-state index in [1.165, 1.54) is 0 Å². The van der Waals surface area contributed by atoms with E-state index in [0.717, 1.165) is 12.4 Å². The van der Waals surface area contributed by atoms with E-state index >= 15 is 0 Å². The lowest BCUT2D eigenvalue weighted by Gasteiger charge is -2.23. The maximum Gasteiger partial charge on any atom is 0.320 e. The van der Waals surface area contributed by atoms with Crippen LogP contribution in [0, 0.1) is 10.1 Å². The van der Waals surface area contributed by atoms with Gasteiger partial charge in [-0.15, -0.1) is 0 Å². The molecule has 1 aromatic carbocycles. The zero-order valence-electron chi connectivity index (χ0n) is 10.6. The molecule has 1 fully saturated rings. The highest BCUT2D eigenvalue weighted by molar-refractivity contribution is 9.10. The fraction of sp³-hybridized carbons (Fsp3) is 0.500. The van der Waals surface area contributed by atoms with Gasteiger partial charge in [0.15, 0.2) is 0 Å². The summed E-state index contributed by atoms with van der Waals surface area (Å²) in [5.41, 5.74) is 0. The molecule has 0 aromatic heterocycles. The number of hydrogen-bond donors (Lipinski definition) is 0. The first kappa shape index (κ1) is 15.9. The van der Waals surface area contributed by atoms with Crippen LogP contribution in [0.25, 0.3) is 0 Å². The number of ether oxygens (including phenoxy) is 3. The average Bonchev–Trinajstić information content (AvgIpc) is 2.42. The molecule has 19 heavy (non-hydrogen) atoms. The first-order valence-electron chi connectivity index (χ1n) is 5.75. The third-order valence-electron chi connectivity index (χ3n) is 2.19. The molecule has 1 aromatic rings. The molecular formula is C12H16BrNO5. The van der Waals surface area contributed by atoms with Crippen molar-refractivity contribution in [2.24, 2.45) is 0 Å². The zero-order chi connectivity index (χ0) is 14.1. The summed E-state index contributed by atoms with van der Waals surface area (Å²) >= 11 is 2.91. The standard InChI is InChI=1S/C8H10O.C4H6BrNO4/c1-2-9-8-6-4-3-5-7-8;5-4(6(7)8)1-9-3-10-2-4/h3-7H,2H2,1H3;1-3H2. The van der Waals surface area contributed by atoms with Crippen molar-refractivity contribution in [2.75, 3.05) is 26.6 Å². The number of hydrogen-bond acceptors (Lipinski definition) is 5. The van der Waals surface area contributed by atoms with Gasteiger partial charge in [-0.05, 0) is 19.1 Å². The van der Waals surface area contributed by atoms with Gasteiger partial charge in [0.25, 0.3) is 0 Å². The molecule has 2 rings (SSSR count). The second-order valence-electron chi connectivity index (χ2n) is 3.74. The lowest BCUT2D eigenvalue weighted by molar-refractivity contribution is -0.552. The Labute approximate surface area is 119 Å². The van der Waals surface area contributed by atoms with E-state index in [9.17, 15) is 10.1 Å². The maximum atomic E-state index is 10.3. The fourth-order valence-electron chi connectivity index (χ4n) is 1.29. The largest absolute Gasteiger partial charge is 0.494 e. The Balaban J connectivity index is 0.000000191. The number of benzene rings is 1. The van der Waals surface area contributed by atoms with Gasteiger partial charge in [-0.25, -0.2) is 0 Å². The van der Waals surface area contributed by atoms with Crippen molar-refractivity contribution in [3.05, 3.63) is 40.4 Å². The Morgan fingerprint density at radius 3 is 2.37 bits per heavy atom. The summed E-state index contributed by atoms with van der Waals surface area (Å²) in [6.07, 6.45) is 0. The summed E-state index contributed by atoms with van der Waals surface area (Å²) < 4.78 is 13.4. The highest BCUT2D eigenvalue weighted by atomic mass is 79.9. The molecule has 1 aliphatic rings. The van der Waals surface area contributed by atoms with Crippen molar-refractivity contribution >= 4 is 15.9 Å². The molecule has 106 valence electrons. The third kappa shape index (κ3) is 5.54. The van der Waals surface area contributed by atoms with Crippen LogP contribution in [-0.2, 0) is 9.47 Å². The van der Waals surface area contributed by atoms with Crippen LogP contribution in [0.2, 0.25) is 0 Å². The first-order valence-corrected chi connectivity index (χ1v) is 6.54. The molecule has 0 bridgehead atoms. The summed E-state index contributed by atoms with van der Waals surface area (Å²) in [4.78, 5) is 9.82. The molecule has 0 atom stereocenters. The van der Waals surface area contributed by atoms with Gasteiger partial charge in [-0.1, -0.05) is 18.2 Å². The van der Waals surface area contributed by atoms with Gasteiger partial charge in [0.1, 0.15) is 25.8 Å². The van der Waals surface area contributed by atoms with Crippen LogP contribution in [-0.4, -0.2) is 36.0 Å². The fourth-order valence-corrected chi connectivity index (χ4v) is 1.61. The van der Waals surface area contributed by atoms with Gasteiger partial charge in [-0.3, -0.25) is 10.1 Å². The quantitative estimate of drug-likeness (QED) is 0.367. The minimum absolute atomic E-state index is 0.0556. The Morgan fingerprint density at radius 2 is 1.95 bits per heavy atom. The van der Waals surface area contributed by atoms with Crippen LogP contribution in [0.4, 0.5) is 0 Å². The highest BCUT2D eigenvalue weighted by Crippen LogP contribution is 2.22. The lowest BCUT2D eigenvalue weighted by atomic mass is 10.3. The van der Waals surface area contributed by atoms with E-state index in [2.05, 4.69) is 15.9 Å². The van der Waals surface area contributed by atoms with E-state index in [1.807, 2.05) is 37.3 Å². The Bertz CT molecular complexity index is 381. The van der Waals surface area contributed by atoms with Crippen molar-refractivity contribution < 1.29 is 19.1 Å². The second kappa shape index (κ2) is 8.08. The molecule has 1 saturated heterocycles. The normalized spacial score (nSPS) is 16.9. The number of alkyl halides is 1. The van der Waals surface area contributed by atoms with Crippen LogP contribution >= 0.6 is 15.9 Å². The second-order valence-corrected chi connectivity index (χ2v) is 5.21. The summed E-state index contributed by atoms with van der Waals surface area (Å²) in [5.74, 6) is 0.944. The van der Waals surface area contributed by atoms with Crippen molar-refractivity contribution in [3.8, 4) is 5.75 Å². The van der Waals surface area contributed by atoms with Crippen molar-refractivity contribution in [2.45, 2.75) is 11.4 Å². The Morgan fingerprint density at radius 1 is 1.37 bits per heavy atom. The molecule has 7 heteroatoms. The lowest BCUT2D eigenvalue weighted by Crippen LogP contribution is -2.45. The molecule has 0 radical (unpaired) electrons. The Hall–Kier alpha value is -1.18. The van der Waals surface area contributed by atoms with Gasteiger partial charge in [-0.2, -0.15) is 0 Å². The van der Waals surface area contributed by atoms with E-state index in [1.54, 1.807) is 0 Å². The van der Waals surface area contributed by atoms with E-state index in [-0.39, 0.29) is 20.0 Å². The van der Waals surface area contributed by atoms with Crippen LogP contribution in [0.5, 0.6) is 5.75 Å². The summed E-state index contributed by atoms with van der Waals surface area (Å²) in [5, 5.41) is 10.3. The molecular weight excluding hydrogens is 318 g/mol. The third-order valence-corrected chi connectivity index (χ3v) is 2.94. The summed E-state index contributed by atoms with van der Waals surface area (Å²) in [7, 11) is 0. The van der Waals surface area contributed by atoms with Gasteiger partial charge in [0, 0.05) is 20.9 Å².